The smallest absolute Gasteiger partial charge is 0.320 e. The van der Waals surface area contributed by atoms with Crippen LogP contribution in [0.3, 0.4) is 0 Å². The number of aromatic nitrogens is 1. The summed E-state index contributed by atoms with van der Waals surface area (Å²) >= 11 is 8.55. The van der Waals surface area contributed by atoms with E-state index in [-0.39, 0.29) is 41.4 Å². The molecule has 0 aliphatic heterocycles. The first-order valence-corrected chi connectivity index (χ1v) is 12.8. The van der Waals surface area contributed by atoms with E-state index in [0.717, 1.165) is 11.0 Å². The van der Waals surface area contributed by atoms with E-state index in [9.17, 15) is 40.3 Å². The van der Waals surface area contributed by atoms with Gasteiger partial charge in [0.1, 0.15) is 5.15 Å². The third-order valence-corrected chi connectivity index (χ3v) is 7.34. The molecular weight excluding hydrogens is 792 g/mol. The summed E-state index contributed by atoms with van der Waals surface area (Å²) in [6.07, 6.45) is -11.3. The molecule has 5 nitrogen and oxygen atoms in total. The maximum absolute atomic E-state index is 15.3. The van der Waals surface area contributed by atoms with Gasteiger partial charge in [0.15, 0.2) is 5.82 Å². The standard InChI is InChI=1S/C23H12ClF8I2N3O2/c1-37(20(39)12-5-3-7-35-18(12)24)15-6-2-4-11(16(15)25)19(38)36-17-13(33)8-10(9-14(17)34)21(26,22(27,28)29)23(30,31)32/h2-9H,1H3,(H,36,38). The van der Waals surface area contributed by atoms with Crippen LogP contribution in [0, 0.1) is 13.0 Å². The van der Waals surface area contributed by atoms with E-state index in [2.05, 4.69) is 10.3 Å². The van der Waals surface area contributed by atoms with E-state index in [1.54, 1.807) is 0 Å². The second-order valence-corrected chi connectivity index (χ2v) is 10.5. The van der Waals surface area contributed by atoms with Crippen LogP contribution in [-0.4, -0.2) is 36.2 Å². The SMILES string of the molecule is CN(C(=O)c1cccnc1Cl)c1cccc(C(=O)Nc2c(I)cc(C(F)(C(F)(F)F)C(F)(F)F)cc2I)c1F. The van der Waals surface area contributed by atoms with Gasteiger partial charge in [0, 0.05) is 25.9 Å². The molecule has 0 radical (unpaired) electrons. The number of hydrogen-bond donors (Lipinski definition) is 1. The molecule has 0 unspecified atom stereocenters. The minimum absolute atomic E-state index is 0.0539. The molecule has 2 aromatic carbocycles. The maximum atomic E-state index is 15.3. The van der Waals surface area contributed by atoms with Crippen LogP contribution >= 0.6 is 56.8 Å². The molecule has 0 saturated carbocycles. The molecule has 39 heavy (non-hydrogen) atoms. The fourth-order valence-electron chi connectivity index (χ4n) is 3.35. The van der Waals surface area contributed by atoms with Gasteiger partial charge in [-0.3, -0.25) is 9.59 Å². The Labute approximate surface area is 247 Å². The number of hydrogen-bond acceptors (Lipinski definition) is 3. The summed E-state index contributed by atoms with van der Waals surface area (Å²) in [6, 6.07) is 6.82. The highest BCUT2D eigenvalue weighted by atomic mass is 127. The Kier molecular flexibility index (Phi) is 9.06. The molecule has 3 aromatic rings. The van der Waals surface area contributed by atoms with Gasteiger partial charge in [-0.1, -0.05) is 17.7 Å². The van der Waals surface area contributed by atoms with Crippen LogP contribution < -0.4 is 10.2 Å². The first-order valence-electron chi connectivity index (χ1n) is 10.2. The predicted octanol–water partition coefficient (Wildman–Crippen LogP) is 7.90. The number of nitrogens with zero attached hydrogens (tertiary/aromatic N) is 2. The Morgan fingerprint density at radius 3 is 1.97 bits per heavy atom. The summed E-state index contributed by atoms with van der Waals surface area (Å²) in [5, 5.41) is 2.07. The number of rotatable bonds is 5. The molecule has 208 valence electrons. The van der Waals surface area contributed by atoms with Crippen LogP contribution in [0.2, 0.25) is 5.15 Å². The molecule has 0 aliphatic carbocycles. The molecule has 2 amide bonds. The lowest BCUT2D eigenvalue weighted by Crippen LogP contribution is -2.50. The van der Waals surface area contributed by atoms with Crippen LogP contribution in [-0.2, 0) is 5.67 Å². The van der Waals surface area contributed by atoms with Crippen LogP contribution in [0.1, 0.15) is 26.3 Å². The fraction of sp³-hybridized carbons (Fsp3) is 0.174. The van der Waals surface area contributed by atoms with Crippen molar-refractivity contribution in [1.82, 2.24) is 4.98 Å². The van der Waals surface area contributed by atoms with E-state index >= 15 is 4.39 Å². The van der Waals surface area contributed by atoms with Gasteiger partial charge in [-0.15, -0.1) is 0 Å². The van der Waals surface area contributed by atoms with Crippen molar-refractivity contribution in [3.8, 4) is 0 Å². The molecule has 0 aliphatic rings. The summed E-state index contributed by atoms with van der Waals surface area (Å²) in [4.78, 5) is 30.3. The molecule has 0 spiro atoms. The van der Waals surface area contributed by atoms with Crippen molar-refractivity contribution >= 4 is 80.0 Å². The first kappa shape index (κ1) is 31.3. The topological polar surface area (TPSA) is 62.3 Å². The number of benzene rings is 2. The third kappa shape index (κ3) is 5.94. The summed E-state index contributed by atoms with van der Waals surface area (Å²) in [5.74, 6) is -3.06. The molecule has 1 N–H and O–H groups in total. The molecule has 1 heterocycles. The van der Waals surface area contributed by atoms with Gasteiger partial charge in [-0.25, -0.2) is 13.8 Å². The summed E-state index contributed by atoms with van der Waals surface area (Å²) in [5.41, 5.74) is -8.70. The number of carbonyl (C=O) groups excluding carboxylic acids is 2. The van der Waals surface area contributed by atoms with E-state index in [0.29, 0.717) is 0 Å². The zero-order valence-corrected chi connectivity index (χ0v) is 24.1. The number of nitrogens with one attached hydrogen (secondary N) is 1. The Hall–Kier alpha value is -2.28. The number of carbonyl (C=O) groups is 2. The van der Waals surface area contributed by atoms with Crippen molar-refractivity contribution in [1.29, 1.82) is 0 Å². The quantitative estimate of drug-likeness (QED) is 0.162. The van der Waals surface area contributed by atoms with Gasteiger partial charge < -0.3 is 10.2 Å². The molecule has 3 rings (SSSR count). The van der Waals surface area contributed by atoms with Crippen molar-refractivity contribution in [3.63, 3.8) is 0 Å². The highest BCUT2D eigenvalue weighted by Gasteiger charge is 2.73. The Bertz CT molecular complexity index is 1410. The molecule has 1 aromatic heterocycles. The van der Waals surface area contributed by atoms with Crippen molar-refractivity contribution in [2.45, 2.75) is 18.0 Å². The highest BCUT2D eigenvalue weighted by Crippen LogP contribution is 2.54. The van der Waals surface area contributed by atoms with Crippen molar-refractivity contribution in [2.24, 2.45) is 0 Å². The monoisotopic (exact) mass is 803 g/mol. The first-order chi connectivity index (χ1) is 17.9. The van der Waals surface area contributed by atoms with Crippen molar-refractivity contribution < 1.29 is 44.7 Å². The number of alkyl halides is 7. The van der Waals surface area contributed by atoms with Gasteiger partial charge in [0.2, 0.25) is 0 Å². The molecule has 0 saturated heterocycles. The average molecular weight is 804 g/mol. The summed E-state index contributed by atoms with van der Waals surface area (Å²) < 4.78 is 108. The second-order valence-electron chi connectivity index (χ2n) is 7.77. The minimum atomic E-state index is -6.32. The van der Waals surface area contributed by atoms with Crippen LogP contribution in [0.4, 0.5) is 46.5 Å². The van der Waals surface area contributed by atoms with Crippen LogP contribution in [0.15, 0.2) is 48.7 Å². The zero-order valence-electron chi connectivity index (χ0n) is 19.0. The Morgan fingerprint density at radius 1 is 0.923 bits per heavy atom. The largest absolute Gasteiger partial charge is 0.435 e. The van der Waals surface area contributed by atoms with Gasteiger partial charge in [-0.2, -0.15) is 26.3 Å². The summed E-state index contributed by atoms with van der Waals surface area (Å²) in [7, 11) is 1.21. The molecule has 16 heteroatoms. The normalized spacial score (nSPS) is 12.3. The Balaban J connectivity index is 1.97. The maximum Gasteiger partial charge on any atom is 0.435 e. The molecular formula is C23H12ClF8I2N3O2. The van der Waals surface area contributed by atoms with Gasteiger partial charge in [0.05, 0.1) is 22.5 Å². The highest BCUT2D eigenvalue weighted by molar-refractivity contribution is 14.1. The van der Waals surface area contributed by atoms with E-state index < -0.39 is 46.8 Å². The van der Waals surface area contributed by atoms with Gasteiger partial charge >= 0.3 is 18.0 Å². The third-order valence-electron chi connectivity index (χ3n) is 5.34. The predicted molar refractivity (Wildman–Crippen MR) is 143 cm³/mol. The van der Waals surface area contributed by atoms with Crippen LogP contribution in [0.25, 0.3) is 0 Å². The van der Waals surface area contributed by atoms with Crippen LogP contribution in [0.5, 0.6) is 0 Å². The van der Waals surface area contributed by atoms with E-state index in [4.69, 9.17) is 11.6 Å². The van der Waals surface area contributed by atoms with Gasteiger partial charge in [0.25, 0.3) is 11.8 Å². The molecule has 0 bridgehead atoms. The van der Waals surface area contributed by atoms with E-state index in [1.165, 1.54) is 82.7 Å². The minimum Gasteiger partial charge on any atom is -0.320 e. The second kappa shape index (κ2) is 11.3. The van der Waals surface area contributed by atoms with E-state index in [1.807, 2.05) is 0 Å². The lowest BCUT2D eigenvalue weighted by atomic mass is 9.94. The van der Waals surface area contributed by atoms with Gasteiger partial charge in [-0.05, 0) is 81.6 Å². The van der Waals surface area contributed by atoms with Crippen molar-refractivity contribution in [3.05, 3.63) is 83.5 Å². The number of halogens is 11. The molecule has 0 fully saturated rings. The zero-order chi connectivity index (χ0) is 29.5. The lowest BCUT2D eigenvalue weighted by Gasteiger charge is -2.31. The number of pyridine rings is 1. The fourth-order valence-corrected chi connectivity index (χ4v) is 5.59. The number of amides is 2. The number of anilines is 2. The summed E-state index contributed by atoms with van der Waals surface area (Å²) in [6.45, 7) is 0. The lowest BCUT2D eigenvalue weighted by molar-refractivity contribution is -0.348. The Morgan fingerprint density at radius 2 is 1.46 bits per heavy atom. The molecule has 0 atom stereocenters. The average Bonchev–Trinajstić information content (AvgIpc) is 2.83. The van der Waals surface area contributed by atoms with Crippen molar-refractivity contribution in [2.75, 3.05) is 17.3 Å².